The van der Waals surface area contributed by atoms with E-state index in [1.165, 1.54) is 12.1 Å². The summed E-state index contributed by atoms with van der Waals surface area (Å²) < 4.78 is 22.5. The van der Waals surface area contributed by atoms with Gasteiger partial charge in [0.1, 0.15) is 11.3 Å². The van der Waals surface area contributed by atoms with E-state index in [4.69, 9.17) is 18.3 Å². The van der Waals surface area contributed by atoms with Crippen molar-refractivity contribution in [1.29, 1.82) is 0 Å². The number of esters is 1. The van der Waals surface area contributed by atoms with Gasteiger partial charge in [-0.1, -0.05) is 24.3 Å². The molecule has 0 saturated carbocycles. The van der Waals surface area contributed by atoms with Gasteiger partial charge in [0.15, 0.2) is 11.3 Å². The molecule has 5 rings (SSSR count). The zero-order valence-electron chi connectivity index (χ0n) is 18.4. The second-order valence-corrected chi connectivity index (χ2v) is 8.42. The molecule has 8 heteroatoms. The summed E-state index contributed by atoms with van der Waals surface area (Å²) in [6, 6.07) is 19.7. The Kier molecular flexibility index (Phi) is 5.96. The molecule has 0 unspecified atom stereocenters. The predicted octanol–water partition coefficient (Wildman–Crippen LogP) is 5.95. The fourth-order valence-corrected chi connectivity index (χ4v) is 4.24. The Bertz CT molecular complexity index is 1720. The van der Waals surface area contributed by atoms with Gasteiger partial charge in [0.2, 0.25) is 0 Å². The van der Waals surface area contributed by atoms with E-state index in [0.717, 1.165) is 0 Å². The highest BCUT2D eigenvalue weighted by atomic mass is 79.9. The Morgan fingerprint density at radius 1 is 0.914 bits per heavy atom. The van der Waals surface area contributed by atoms with Gasteiger partial charge < -0.3 is 18.3 Å². The first-order chi connectivity index (χ1) is 16.9. The molecule has 3 aromatic carbocycles. The second kappa shape index (κ2) is 9.23. The van der Waals surface area contributed by atoms with E-state index < -0.39 is 17.2 Å². The number of carbonyl (C=O) groups excluding carboxylic acids is 1. The molecule has 0 aliphatic rings. The minimum Gasteiger partial charge on any atom is -0.490 e. The Balaban J connectivity index is 1.59. The third-order valence-electron chi connectivity index (χ3n) is 5.33. The molecule has 174 valence electrons. The number of fused-ring (bicyclic) bond motifs is 2. The maximum atomic E-state index is 12.9. The van der Waals surface area contributed by atoms with Crippen LogP contribution in [-0.2, 0) is 0 Å². The van der Waals surface area contributed by atoms with E-state index >= 15 is 0 Å². The molecule has 0 radical (unpaired) electrons. The van der Waals surface area contributed by atoms with Crippen molar-refractivity contribution in [2.75, 3.05) is 6.61 Å². The van der Waals surface area contributed by atoms with Crippen LogP contribution in [0, 0.1) is 0 Å². The van der Waals surface area contributed by atoms with Crippen molar-refractivity contribution in [1.82, 2.24) is 0 Å². The summed E-state index contributed by atoms with van der Waals surface area (Å²) in [7, 11) is 0. The summed E-state index contributed by atoms with van der Waals surface area (Å²) >= 11 is 3.32. The van der Waals surface area contributed by atoms with Crippen LogP contribution in [0.15, 0.2) is 95.7 Å². The van der Waals surface area contributed by atoms with Crippen LogP contribution in [0.5, 0.6) is 11.5 Å². The molecule has 35 heavy (non-hydrogen) atoms. The van der Waals surface area contributed by atoms with Crippen LogP contribution in [0.1, 0.15) is 17.3 Å². The molecule has 5 aromatic rings. The SMILES string of the molecule is CCOc1cccc2cc(-c3cc(=O)oc4cc(OC(=O)c5ccccc5Br)ccc34)c(=O)oc12. The Morgan fingerprint density at radius 2 is 1.74 bits per heavy atom. The van der Waals surface area contributed by atoms with E-state index in [1.54, 1.807) is 60.7 Å². The van der Waals surface area contributed by atoms with Gasteiger partial charge in [-0.15, -0.1) is 0 Å². The maximum absolute atomic E-state index is 12.9. The molecular formula is C27H17BrO7. The number of benzene rings is 3. The third kappa shape index (κ3) is 4.36. The van der Waals surface area contributed by atoms with Gasteiger partial charge in [0.25, 0.3) is 0 Å². The fourth-order valence-electron chi connectivity index (χ4n) is 3.79. The molecule has 0 saturated heterocycles. The summed E-state index contributed by atoms with van der Waals surface area (Å²) in [4.78, 5) is 37.8. The zero-order chi connectivity index (χ0) is 24.5. The molecule has 7 nitrogen and oxygen atoms in total. The van der Waals surface area contributed by atoms with Gasteiger partial charge in [0.05, 0.1) is 17.7 Å². The van der Waals surface area contributed by atoms with Crippen molar-refractivity contribution in [2.45, 2.75) is 6.92 Å². The molecular weight excluding hydrogens is 516 g/mol. The average Bonchev–Trinajstić information content (AvgIpc) is 2.84. The highest BCUT2D eigenvalue weighted by molar-refractivity contribution is 9.10. The lowest BCUT2D eigenvalue weighted by atomic mass is 10.0. The maximum Gasteiger partial charge on any atom is 0.344 e. The van der Waals surface area contributed by atoms with E-state index in [-0.39, 0.29) is 16.9 Å². The second-order valence-electron chi connectivity index (χ2n) is 7.56. The van der Waals surface area contributed by atoms with Gasteiger partial charge in [-0.2, -0.15) is 0 Å². The summed E-state index contributed by atoms with van der Waals surface area (Å²) in [6.07, 6.45) is 0. The number of halogens is 1. The van der Waals surface area contributed by atoms with Crippen molar-refractivity contribution in [3.05, 3.63) is 104 Å². The summed E-state index contributed by atoms with van der Waals surface area (Å²) in [5.41, 5.74) is 0.0943. The molecule has 2 aromatic heterocycles. The van der Waals surface area contributed by atoms with Crippen molar-refractivity contribution in [3.8, 4) is 22.6 Å². The quantitative estimate of drug-likeness (QED) is 0.157. The average molecular weight is 533 g/mol. The Hall–Kier alpha value is -4.17. The number of rotatable bonds is 5. The molecule has 0 bridgehead atoms. The number of para-hydroxylation sites is 1. The molecule has 2 heterocycles. The topological polar surface area (TPSA) is 96.0 Å². The van der Waals surface area contributed by atoms with E-state index in [0.29, 0.717) is 44.3 Å². The van der Waals surface area contributed by atoms with Gasteiger partial charge >= 0.3 is 17.2 Å². The van der Waals surface area contributed by atoms with E-state index in [1.807, 2.05) is 6.92 Å². The number of ether oxygens (including phenoxy) is 2. The fraction of sp³-hybridized carbons (Fsp3) is 0.0741. The van der Waals surface area contributed by atoms with Crippen LogP contribution in [0.2, 0.25) is 0 Å². The van der Waals surface area contributed by atoms with Gasteiger partial charge in [-0.05, 0) is 59.3 Å². The van der Waals surface area contributed by atoms with Crippen molar-refractivity contribution >= 4 is 43.8 Å². The van der Waals surface area contributed by atoms with Crippen LogP contribution in [0.25, 0.3) is 33.1 Å². The smallest absolute Gasteiger partial charge is 0.344 e. The minimum atomic E-state index is -0.663. The number of hydrogen-bond acceptors (Lipinski definition) is 7. The molecule has 0 atom stereocenters. The first-order valence-electron chi connectivity index (χ1n) is 10.7. The number of carbonyl (C=O) groups is 1. The van der Waals surface area contributed by atoms with Gasteiger partial charge in [0, 0.05) is 32.9 Å². The highest BCUT2D eigenvalue weighted by Crippen LogP contribution is 2.32. The Labute approximate surface area is 206 Å². The van der Waals surface area contributed by atoms with Crippen molar-refractivity contribution in [2.24, 2.45) is 0 Å². The molecule has 0 fully saturated rings. The standard InChI is InChI=1S/C27H17BrO7/c1-2-32-22-9-5-6-15-12-20(27(31)35-25(15)22)19-14-24(29)34-23-13-16(10-11-17(19)23)33-26(30)18-7-3-4-8-21(18)28/h3-14H,2H2,1H3. The van der Waals surface area contributed by atoms with E-state index in [9.17, 15) is 14.4 Å². The lowest BCUT2D eigenvalue weighted by Gasteiger charge is -2.10. The normalized spacial score (nSPS) is 11.0. The molecule has 0 aliphatic carbocycles. The third-order valence-corrected chi connectivity index (χ3v) is 6.03. The lowest BCUT2D eigenvalue weighted by molar-refractivity contribution is 0.0734. The summed E-state index contributed by atoms with van der Waals surface area (Å²) in [6.45, 7) is 2.26. The molecule has 0 amide bonds. The van der Waals surface area contributed by atoms with Crippen LogP contribution >= 0.6 is 15.9 Å². The van der Waals surface area contributed by atoms with Gasteiger partial charge in [-0.3, -0.25) is 0 Å². The molecule has 0 N–H and O–H groups in total. The minimum absolute atomic E-state index is 0.160. The predicted molar refractivity (Wildman–Crippen MR) is 134 cm³/mol. The zero-order valence-corrected chi connectivity index (χ0v) is 20.0. The van der Waals surface area contributed by atoms with Crippen molar-refractivity contribution in [3.63, 3.8) is 0 Å². The highest BCUT2D eigenvalue weighted by Gasteiger charge is 2.17. The first-order valence-corrected chi connectivity index (χ1v) is 11.5. The van der Waals surface area contributed by atoms with Crippen LogP contribution in [-0.4, -0.2) is 12.6 Å². The van der Waals surface area contributed by atoms with Crippen LogP contribution in [0.4, 0.5) is 0 Å². The van der Waals surface area contributed by atoms with Crippen molar-refractivity contribution < 1.29 is 23.1 Å². The summed E-state index contributed by atoms with van der Waals surface area (Å²) in [5.74, 6) is 0.0728. The van der Waals surface area contributed by atoms with Gasteiger partial charge in [-0.25, -0.2) is 14.4 Å². The first kappa shape index (κ1) is 22.6. The molecule has 0 aliphatic heterocycles. The van der Waals surface area contributed by atoms with Crippen LogP contribution in [0.3, 0.4) is 0 Å². The lowest BCUT2D eigenvalue weighted by Crippen LogP contribution is -2.09. The monoisotopic (exact) mass is 532 g/mol. The largest absolute Gasteiger partial charge is 0.490 e. The Morgan fingerprint density at radius 3 is 2.54 bits per heavy atom. The molecule has 0 spiro atoms. The van der Waals surface area contributed by atoms with E-state index in [2.05, 4.69) is 15.9 Å². The van der Waals surface area contributed by atoms with Crippen LogP contribution < -0.4 is 20.7 Å². The summed E-state index contributed by atoms with van der Waals surface area (Å²) in [5, 5.41) is 1.13. The number of hydrogen-bond donors (Lipinski definition) is 0.